The summed E-state index contributed by atoms with van der Waals surface area (Å²) in [5.41, 5.74) is 0.843. The highest BCUT2D eigenvalue weighted by molar-refractivity contribution is 7.99. The van der Waals surface area contributed by atoms with Gasteiger partial charge in [-0.3, -0.25) is 9.59 Å². The molecule has 0 aliphatic heterocycles. The van der Waals surface area contributed by atoms with Crippen LogP contribution in [-0.2, 0) is 30.4 Å². The Kier molecular flexibility index (Phi) is 20.1. The summed E-state index contributed by atoms with van der Waals surface area (Å²) in [6.07, 6.45) is 3.64. The molecule has 1 aromatic carbocycles. The monoisotopic (exact) mass is 637 g/mol. The van der Waals surface area contributed by atoms with Gasteiger partial charge in [0.05, 0.1) is 18.2 Å². The van der Waals surface area contributed by atoms with Gasteiger partial charge in [-0.1, -0.05) is 85.7 Å². The van der Waals surface area contributed by atoms with E-state index in [1.54, 1.807) is 6.92 Å². The molecule has 1 unspecified atom stereocenters. The summed E-state index contributed by atoms with van der Waals surface area (Å²) < 4.78 is 18.2. The predicted octanol–water partition coefficient (Wildman–Crippen LogP) is 6.59. The number of alkyl carbamates (subject to hydrolysis) is 1. The quantitative estimate of drug-likeness (QED) is 0.0971. The Hall–Kier alpha value is -2.30. The van der Waals surface area contributed by atoms with Crippen molar-refractivity contribution in [2.75, 3.05) is 5.75 Å². The number of ether oxygens (including phenoxy) is 3. The van der Waals surface area contributed by atoms with E-state index in [0.29, 0.717) is 11.7 Å². The van der Waals surface area contributed by atoms with Crippen LogP contribution in [0.15, 0.2) is 30.3 Å². The van der Waals surface area contributed by atoms with Crippen LogP contribution in [0.25, 0.3) is 0 Å². The Labute approximate surface area is 270 Å². The van der Waals surface area contributed by atoms with E-state index in [4.69, 9.17) is 14.2 Å². The second-order valence-electron chi connectivity index (χ2n) is 11.9. The van der Waals surface area contributed by atoms with E-state index in [1.807, 2.05) is 55.9 Å². The molecule has 3 N–H and O–H groups in total. The van der Waals surface area contributed by atoms with E-state index in [9.17, 15) is 14.4 Å². The molecule has 0 bridgehead atoms. The smallest absolute Gasteiger partial charge is 0.408 e. The maximum Gasteiger partial charge on any atom is 0.408 e. The average Bonchev–Trinajstić information content (AvgIpc) is 3.00. The molecule has 0 saturated heterocycles. The summed E-state index contributed by atoms with van der Waals surface area (Å²) in [4.78, 5) is 39.2. The maximum absolute atomic E-state index is 13.5. The molecule has 44 heavy (non-hydrogen) atoms. The van der Waals surface area contributed by atoms with E-state index in [0.717, 1.165) is 43.4 Å². The molecule has 9 nitrogen and oxygen atoms in total. The van der Waals surface area contributed by atoms with Gasteiger partial charge in [-0.05, 0) is 67.9 Å². The predicted molar refractivity (Wildman–Crippen MR) is 179 cm³/mol. The molecule has 0 aromatic heterocycles. The van der Waals surface area contributed by atoms with Gasteiger partial charge in [-0.15, -0.1) is 0 Å². The number of hydrogen-bond acceptors (Lipinski definition) is 7. The third-order valence-corrected chi connectivity index (χ3v) is 8.62. The van der Waals surface area contributed by atoms with Crippen molar-refractivity contribution in [1.29, 1.82) is 0 Å². The van der Waals surface area contributed by atoms with Gasteiger partial charge in [-0.25, -0.2) is 4.79 Å². The summed E-state index contributed by atoms with van der Waals surface area (Å²) >= 11 is 1.88. The highest BCUT2D eigenvalue weighted by atomic mass is 32.2. The van der Waals surface area contributed by atoms with E-state index in [2.05, 4.69) is 57.5 Å². The summed E-state index contributed by atoms with van der Waals surface area (Å²) in [5, 5.41) is 9.10. The third-order valence-electron chi connectivity index (χ3n) is 7.43. The minimum absolute atomic E-state index is 0.00968. The molecule has 3 amide bonds. The summed E-state index contributed by atoms with van der Waals surface area (Å²) in [6, 6.07) is 7.21. The first-order chi connectivity index (χ1) is 20.9. The number of rotatable bonds is 22. The lowest BCUT2D eigenvalue weighted by atomic mass is 10.0. The lowest BCUT2D eigenvalue weighted by molar-refractivity contribution is -0.211. The van der Waals surface area contributed by atoms with Gasteiger partial charge in [0.25, 0.3) is 0 Å². The van der Waals surface area contributed by atoms with Gasteiger partial charge >= 0.3 is 6.09 Å². The van der Waals surface area contributed by atoms with Crippen LogP contribution in [0.2, 0.25) is 0 Å². The molecule has 3 atom stereocenters. The molecular formula is C34H59N3O6S. The second-order valence-corrected chi connectivity index (χ2v) is 13.5. The van der Waals surface area contributed by atoms with E-state index in [1.165, 1.54) is 0 Å². The molecule has 252 valence electrons. The minimum Gasteiger partial charge on any atom is -0.445 e. The van der Waals surface area contributed by atoms with Crippen LogP contribution in [-0.4, -0.2) is 65.5 Å². The zero-order valence-corrected chi connectivity index (χ0v) is 29.3. The van der Waals surface area contributed by atoms with Crippen molar-refractivity contribution in [3.8, 4) is 0 Å². The summed E-state index contributed by atoms with van der Waals surface area (Å²) in [5.74, 6) is -0.0595. The number of thioether (sulfide) groups is 1. The fraction of sp³-hybridized carbons (Fsp3) is 0.735. The molecule has 0 spiro atoms. The molecular weight excluding hydrogens is 578 g/mol. The Morgan fingerprint density at radius 2 is 1.34 bits per heavy atom. The van der Waals surface area contributed by atoms with Gasteiger partial charge < -0.3 is 30.2 Å². The molecule has 0 saturated carbocycles. The topological polar surface area (TPSA) is 115 Å². The van der Waals surface area contributed by atoms with Crippen LogP contribution >= 0.6 is 11.8 Å². The highest BCUT2D eigenvalue weighted by Gasteiger charge is 2.32. The van der Waals surface area contributed by atoms with Crippen molar-refractivity contribution >= 4 is 29.7 Å². The largest absolute Gasteiger partial charge is 0.445 e. The van der Waals surface area contributed by atoms with E-state index >= 15 is 0 Å². The minimum atomic E-state index is -0.874. The first-order valence-electron chi connectivity index (χ1n) is 16.5. The van der Waals surface area contributed by atoms with Gasteiger partial charge in [0.2, 0.25) is 11.8 Å². The van der Waals surface area contributed by atoms with Crippen LogP contribution in [0.5, 0.6) is 0 Å². The summed E-state index contributed by atoms with van der Waals surface area (Å²) in [7, 11) is 0. The van der Waals surface area contributed by atoms with Crippen LogP contribution in [0.3, 0.4) is 0 Å². The van der Waals surface area contributed by atoms with Crippen LogP contribution in [0.1, 0.15) is 106 Å². The first-order valence-corrected chi connectivity index (χ1v) is 17.5. The fourth-order valence-electron chi connectivity index (χ4n) is 4.57. The normalized spacial score (nSPS) is 13.8. The van der Waals surface area contributed by atoms with Crippen molar-refractivity contribution < 1.29 is 28.6 Å². The van der Waals surface area contributed by atoms with Crippen molar-refractivity contribution in [2.45, 2.75) is 149 Å². The molecule has 10 heteroatoms. The lowest BCUT2D eigenvalue weighted by Gasteiger charge is -2.34. The number of amides is 3. The molecule has 0 aliphatic carbocycles. The highest BCUT2D eigenvalue weighted by Crippen LogP contribution is 2.20. The molecule has 0 fully saturated rings. The standard InChI is InChI=1S/C34H59N3O6S/c1-10-27(11-2)42-33(43-28(12-3)13-4)29(20-17-21-44-24(7)8)36-31(38)25(9)35-32(39)30(23(5)6)37-34(40)41-22-26-18-15-14-16-19-26/h14-16,18-19,23-25,27-30,33H,10-13,17,20-22H2,1-9H3,(H,35,39)(H,36,38)(H,37,40)/t25-,29?,30-/m0/s1. The average molecular weight is 638 g/mol. The fourth-order valence-corrected chi connectivity index (χ4v) is 5.37. The van der Waals surface area contributed by atoms with Gasteiger partial charge in [-0.2, -0.15) is 11.8 Å². The Morgan fingerprint density at radius 3 is 1.84 bits per heavy atom. The third kappa shape index (κ3) is 15.6. The van der Waals surface area contributed by atoms with Crippen LogP contribution in [0.4, 0.5) is 4.79 Å². The van der Waals surface area contributed by atoms with Crippen LogP contribution < -0.4 is 16.0 Å². The Morgan fingerprint density at radius 1 is 0.773 bits per heavy atom. The van der Waals surface area contributed by atoms with Crippen LogP contribution in [0, 0.1) is 5.92 Å². The Bertz CT molecular complexity index is 926. The first kappa shape index (κ1) is 39.7. The molecule has 0 radical (unpaired) electrons. The zero-order valence-electron chi connectivity index (χ0n) is 28.5. The zero-order chi connectivity index (χ0) is 33.1. The van der Waals surface area contributed by atoms with Gasteiger partial charge in [0.1, 0.15) is 18.7 Å². The summed E-state index contributed by atoms with van der Waals surface area (Å²) in [6.45, 7) is 18.1. The van der Waals surface area contributed by atoms with Crippen molar-refractivity contribution in [3.63, 3.8) is 0 Å². The van der Waals surface area contributed by atoms with Crippen molar-refractivity contribution in [2.24, 2.45) is 5.92 Å². The van der Waals surface area contributed by atoms with Crippen molar-refractivity contribution in [3.05, 3.63) is 35.9 Å². The van der Waals surface area contributed by atoms with Gasteiger partial charge in [0.15, 0.2) is 6.29 Å². The lowest BCUT2D eigenvalue weighted by Crippen LogP contribution is -2.57. The number of carbonyl (C=O) groups is 3. The molecule has 0 heterocycles. The van der Waals surface area contributed by atoms with Gasteiger partial charge in [0, 0.05) is 0 Å². The molecule has 1 rings (SSSR count). The SMILES string of the molecule is CCC(CC)OC(OC(CC)CC)C(CCCSC(C)C)NC(=O)[C@H](C)NC(=O)[C@@H](NC(=O)OCc1ccccc1)C(C)C. The molecule has 1 aromatic rings. The number of carbonyl (C=O) groups excluding carboxylic acids is 3. The van der Waals surface area contributed by atoms with E-state index < -0.39 is 30.4 Å². The van der Waals surface area contributed by atoms with Crippen molar-refractivity contribution in [1.82, 2.24) is 16.0 Å². The van der Waals surface area contributed by atoms with E-state index in [-0.39, 0.29) is 36.7 Å². The molecule has 0 aliphatic rings. The number of hydrogen-bond donors (Lipinski definition) is 3. The maximum atomic E-state index is 13.5. The second kappa shape index (κ2) is 22.2. The number of nitrogens with one attached hydrogen (secondary N) is 3. The number of benzene rings is 1. The Balaban J connectivity index is 2.98.